The predicted octanol–water partition coefficient (Wildman–Crippen LogP) is 5.21. The Bertz CT molecular complexity index is 721. The van der Waals surface area contributed by atoms with E-state index in [-0.39, 0.29) is 18.3 Å². The number of aliphatic carboxylic acids is 1. The van der Waals surface area contributed by atoms with Crippen molar-refractivity contribution in [1.82, 2.24) is 0 Å². The Hall–Kier alpha value is -0.650. The van der Waals surface area contributed by atoms with Gasteiger partial charge in [-0.3, -0.25) is 4.79 Å². The number of carboxylic acids is 1. The normalized spacial score (nSPS) is 46.0. The summed E-state index contributed by atoms with van der Waals surface area (Å²) in [6.07, 6.45) is 10.9. The first-order valence-electron chi connectivity index (χ1n) is 13.8. The third kappa shape index (κ3) is 4.08. The minimum absolute atomic E-state index is 0.246. The van der Waals surface area contributed by atoms with Gasteiger partial charge >= 0.3 is 5.97 Å². The molecule has 0 saturated heterocycles. The minimum Gasteiger partial charge on any atom is -0.481 e. The highest BCUT2D eigenvalue weighted by molar-refractivity contribution is 5.66. The summed E-state index contributed by atoms with van der Waals surface area (Å²) in [4.78, 5) is 11.0. The molecule has 0 spiro atoms. The highest BCUT2D eigenvalue weighted by Gasteiger charge is 2.67. The largest absolute Gasteiger partial charge is 0.481 e. The van der Waals surface area contributed by atoms with Crippen LogP contribution in [0.3, 0.4) is 0 Å². The van der Waals surface area contributed by atoms with Gasteiger partial charge in [0.2, 0.25) is 0 Å². The number of carbonyl (C=O) groups is 1. The fourth-order valence-electron chi connectivity index (χ4n) is 9.73. The summed E-state index contributed by atoms with van der Waals surface area (Å²) in [5, 5.41) is 41.8. The average molecular weight is 465 g/mol. The third-order valence-corrected chi connectivity index (χ3v) is 11.6. The van der Waals surface area contributed by atoms with Crippen LogP contribution in [0.2, 0.25) is 0 Å². The number of hydrogen-bond acceptors (Lipinski definition) is 4. The van der Waals surface area contributed by atoms with Crippen LogP contribution < -0.4 is 0 Å². The maximum Gasteiger partial charge on any atom is 0.303 e. The molecule has 0 bridgehead atoms. The van der Waals surface area contributed by atoms with Crippen LogP contribution in [0.4, 0.5) is 0 Å². The van der Waals surface area contributed by atoms with Crippen LogP contribution in [-0.2, 0) is 4.79 Å². The summed E-state index contributed by atoms with van der Waals surface area (Å²) in [6.45, 7) is 9.06. The Morgan fingerprint density at radius 1 is 0.939 bits per heavy atom. The van der Waals surface area contributed by atoms with E-state index in [1.807, 2.05) is 0 Å². The standard InChI is InChI=1S/C28H48O5/c1-17(16-25(30)31)6-5-7-18(2)21-11-12-22-20-10-8-19-9-13-24(29)28(32,33)27(19,4)23(20)14-15-26(21,22)3/h17-24,29,32-33H,5-16H2,1-4H3,(H,30,31)/t17?,18-,19-,20+,21-,22+,23+,24?,26-,27+/m1/s1. The summed E-state index contributed by atoms with van der Waals surface area (Å²) in [7, 11) is 0. The summed E-state index contributed by atoms with van der Waals surface area (Å²) in [5.74, 6) is 0.670. The molecule has 4 rings (SSSR count). The summed E-state index contributed by atoms with van der Waals surface area (Å²) in [6, 6.07) is 0. The molecule has 0 aliphatic heterocycles. The monoisotopic (exact) mass is 464 g/mol. The SMILES string of the molecule is CC(CCC[C@@H](C)[C@H]1CC[C@H]2[C@@H]3CC[C@@H]4CCC(O)C(O)(O)[C@]4(C)[C@H]3CC[C@]12C)CC(=O)O. The van der Waals surface area contributed by atoms with Crippen LogP contribution in [0, 0.1) is 52.3 Å². The van der Waals surface area contributed by atoms with Gasteiger partial charge in [-0.05, 0) is 98.2 Å². The van der Waals surface area contributed by atoms with Gasteiger partial charge < -0.3 is 20.4 Å². The van der Waals surface area contributed by atoms with E-state index < -0.39 is 23.3 Å². The minimum atomic E-state index is -1.98. The first-order chi connectivity index (χ1) is 15.4. The van der Waals surface area contributed by atoms with Crippen LogP contribution in [0.15, 0.2) is 0 Å². The van der Waals surface area contributed by atoms with Crippen LogP contribution in [0.5, 0.6) is 0 Å². The highest BCUT2D eigenvalue weighted by atomic mass is 16.5. The van der Waals surface area contributed by atoms with E-state index in [0.717, 1.165) is 38.5 Å². The van der Waals surface area contributed by atoms with Crippen molar-refractivity contribution in [3.63, 3.8) is 0 Å². The van der Waals surface area contributed by atoms with E-state index >= 15 is 0 Å². The summed E-state index contributed by atoms with van der Waals surface area (Å²) in [5.41, 5.74) is -0.295. The third-order valence-electron chi connectivity index (χ3n) is 11.6. The second-order valence-electron chi connectivity index (χ2n) is 13.1. The molecule has 0 aromatic carbocycles. The van der Waals surface area contributed by atoms with Crippen molar-refractivity contribution in [3.8, 4) is 0 Å². The van der Waals surface area contributed by atoms with Gasteiger partial charge in [0.1, 0.15) is 6.10 Å². The Balaban J connectivity index is 1.45. The molecule has 0 radical (unpaired) electrons. The fourth-order valence-corrected chi connectivity index (χ4v) is 9.73. The Kier molecular flexibility index (Phi) is 7.01. The molecule has 4 fully saturated rings. The van der Waals surface area contributed by atoms with E-state index in [1.54, 1.807) is 0 Å². The molecule has 0 heterocycles. The molecule has 5 heteroatoms. The second kappa shape index (κ2) is 9.09. The Morgan fingerprint density at radius 2 is 1.64 bits per heavy atom. The predicted molar refractivity (Wildman–Crippen MR) is 128 cm³/mol. The zero-order valence-electron chi connectivity index (χ0n) is 21.3. The fraction of sp³-hybridized carbons (Fsp3) is 0.964. The lowest BCUT2D eigenvalue weighted by Gasteiger charge is -2.64. The van der Waals surface area contributed by atoms with Gasteiger partial charge in [0.05, 0.1) is 0 Å². The van der Waals surface area contributed by atoms with Crippen molar-refractivity contribution in [2.75, 3.05) is 0 Å². The van der Waals surface area contributed by atoms with Crippen molar-refractivity contribution in [1.29, 1.82) is 0 Å². The summed E-state index contributed by atoms with van der Waals surface area (Å²) < 4.78 is 0. The Labute approximate surface area is 200 Å². The molecular weight excluding hydrogens is 416 g/mol. The molecule has 4 saturated carbocycles. The maximum atomic E-state index is 11.1. The molecule has 4 N–H and O–H groups in total. The molecule has 5 nitrogen and oxygen atoms in total. The van der Waals surface area contributed by atoms with Crippen molar-refractivity contribution in [3.05, 3.63) is 0 Å². The summed E-state index contributed by atoms with van der Waals surface area (Å²) >= 11 is 0. The highest BCUT2D eigenvalue weighted by Crippen LogP contribution is 2.69. The zero-order chi connectivity index (χ0) is 24.2. The number of hydrogen-bond donors (Lipinski definition) is 4. The molecule has 190 valence electrons. The van der Waals surface area contributed by atoms with Gasteiger partial charge in [-0.2, -0.15) is 0 Å². The van der Waals surface area contributed by atoms with Crippen molar-refractivity contribution >= 4 is 5.97 Å². The van der Waals surface area contributed by atoms with E-state index in [0.29, 0.717) is 41.4 Å². The molecule has 2 unspecified atom stereocenters. The van der Waals surface area contributed by atoms with Crippen molar-refractivity contribution < 1.29 is 25.2 Å². The van der Waals surface area contributed by atoms with Gasteiger partial charge in [0.15, 0.2) is 5.79 Å². The molecule has 0 aromatic rings. The van der Waals surface area contributed by atoms with Crippen LogP contribution in [0.1, 0.15) is 105 Å². The molecular formula is C28H48O5. The van der Waals surface area contributed by atoms with E-state index in [1.165, 1.54) is 25.7 Å². The molecule has 4 aliphatic rings. The van der Waals surface area contributed by atoms with Gasteiger partial charge in [-0.1, -0.05) is 47.0 Å². The number of aliphatic hydroxyl groups excluding tert-OH is 1. The first kappa shape index (κ1) is 25.4. The molecule has 0 amide bonds. The van der Waals surface area contributed by atoms with E-state index in [4.69, 9.17) is 5.11 Å². The number of aliphatic hydroxyl groups is 3. The lowest BCUT2D eigenvalue weighted by atomic mass is 9.43. The van der Waals surface area contributed by atoms with Gasteiger partial charge in [0.25, 0.3) is 0 Å². The average Bonchev–Trinajstić information content (AvgIpc) is 3.08. The quantitative estimate of drug-likeness (QED) is 0.388. The zero-order valence-corrected chi connectivity index (χ0v) is 21.3. The molecule has 4 aliphatic carbocycles. The van der Waals surface area contributed by atoms with Crippen LogP contribution in [-0.4, -0.2) is 38.3 Å². The number of fused-ring (bicyclic) bond motifs is 5. The lowest BCUT2D eigenvalue weighted by Crippen LogP contribution is -2.68. The Morgan fingerprint density at radius 3 is 2.33 bits per heavy atom. The smallest absolute Gasteiger partial charge is 0.303 e. The van der Waals surface area contributed by atoms with Crippen molar-refractivity contribution in [2.45, 2.75) is 117 Å². The van der Waals surface area contributed by atoms with Gasteiger partial charge in [-0.25, -0.2) is 0 Å². The van der Waals surface area contributed by atoms with E-state index in [9.17, 15) is 20.1 Å². The maximum absolute atomic E-state index is 11.1. The van der Waals surface area contributed by atoms with E-state index in [2.05, 4.69) is 27.7 Å². The van der Waals surface area contributed by atoms with Crippen LogP contribution >= 0.6 is 0 Å². The van der Waals surface area contributed by atoms with Crippen LogP contribution in [0.25, 0.3) is 0 Å². The number of carboxylic acid groups (broad SMARTS) is 1. The van der Waals surface area contributed by atoms with Crippen molar-refractivity contribution in [2.24, 2.45) is 52.3 Å². The lowest BCUT2D eigenvalue weighted by molar-refractivity contribution is -0.349. The van der Waals surface area contributed by atoms with Gasteiger partial charge in [0, 0.05) is 11.8 Å². The molecule has 33 heavy (non-hydrogen) atoms. The number of rotatable bonds is 7. The molecule has 0 aromatic heterocycles. The topological polar surface area (TPSA) is 98.0 Å². The first-order valence-corrected chi connectivity index (χ1v) is 13.8. The van der Waals surface area contributed by atoms with Gasteiger partial charge in [-0.15, -0.1) is 0 Å². The molecule has 10 atom stereocenters. The second-order valence-corrected chi connectivity index (χ2v) is 13.1.